The molecule has 42 heavy (non-hydrogen) atoms. The van der Waals surface area contributed by atoms with Crippen molar-refractivity contribution in [3.05, 3.63) is 91.9 Å². The first-order valence-corrected chi connectivity index (χ1v) is 16.3. The van der Waals surface area contributed by atoms with Gasteiger partial charge in [0.1, 0.15) is 12.6 Å². The van der Waals surface area contributed by atoms with Gasteiger partial charge in [-0.3, -0.25) is 13.9 Å². The van der Waals surface area contributed by atoms with Crippen LogP contribution in [0.1, 0.15) is 38.3 Å². The van der Waals surface area contributed by atoms with Crippen LogP contribution in [-0.2, 0) is 26.2 Å². The molecular formula is C30H33Cl4N3O4S. The zero-order valence-electron chi connectivity index (χ0n) is 23.7. The van der Waals surface area contributed by atoms with Crippen LogP contribution in [0.5, 0.6) is 0 Å². The molecule has 1 atom stereocenters. The highest BCUT2D eigenvalue weighted by Crippen LogP contribution is 2.36. The molecule has 0 aliphatic rings. The maximum Gasteiger partial charge on any atom is 0.264 e. The lowest BCUT2D eigenvalue weighted by Gasteiger charge is -2.33. The van der Waals surface area contributed by atoms with Crippen molar-refractivity contribution < 1.29 is 18.0 Å². The van der Waals surface area contributed by atoms with Gasteiger partial charge in [-0.25, -0.2) is 8.42 Å². The van der Waals surface area contributed by atoms with Gasteiger partial charge in [-0.2, -0.15) is 0 Å². The lowest BCUT2D eigenvalue weighted by atomic mass is 10.1. The summed E-state index contributed by atoms with van der Waals surface area (Å²) in [4.78, 5) is 28.8. The largest absolute Gasteiger partial charge is 0.354 e. The van der Waals surface area contributed by atoms with E-state index in [1.807, 2.05) is 20.8 Å². The fourth-order valence-electron chi connectivity index (χ4n) is 4.21. The van der Waals surface area contributed by atoms with Gasteiger partial charge in [0, 0.05) is 23.1 Å². The molecule has 0 spiro atoms. The number of hydrogen-bond acceptors (Lipinski definition) is 4. The van der Waals surface area contributed by atoms with Crippen molar-refractivity contribution in [2.45, 2.75) is 51.6 Å². The maximum absolute atomic E-state index is 14.2. The fourth-order valence-corrected chi connectivity index (χ4v) is 6.55. The van der Waals surface area contributed by atoms with Crippen molar-refractivity contribution in [3.8, 4) is 0 Å². The Bertz CT molecular complexity index is 1530. The molecule has 0 aliphatic carbocycles. The number of anilines is 1. The molecule has 7 nitrogen and oxygen atoms in total. The SMILES string of the molecule is CC[C@H](C(=O)NCC(C)C)N(Cc1ccc(Cl)cc1Cl)C(=O)CN(c1cccc(Cl)c1Cl)S(=O)(=O)c1ccc(C)cc1. The van der Waals surface area contributed by atoms with E-state index in [0.717, 1.165) is 9.87 Å². The van der Waals surface area contributed by atoms with Gasteiger partial charge < -0.3 is 10.2 Å². The summed E-state index contributed by atoms with van der Waals surface area (Å²) in [5.74, 6) is -0.820. The highest BCUT2D eigenvalue weighted by molar-refractivity contribution is 7.92. The number of nitrogens with zero attached hydrogens (tertiary/aromatic N) is 2. The lowest BCUT2D eigenvalue weighted by molar-refractivity contribution is -0.140. The molecular weight excluding hydrogens is 640 g/mol. The number of nitrogens with one attached hydrogen (secondary N) is 1. The molecule has 3 aromatic carbocycles. The van der Waals surface area contributed by atoms with Gasteiger partial charge in [0.05, 0.1) is 20.6 Å². The van der Waals surface area contributed by atoms with Gasteiger partial charge in [0.2, 0.25) is 11.8 Å². The Labute approximate surface area is 267 Å². The predicted octanol–water partition coefficient (Wildman–Crippen LogP) is 7.38. The second-order valence-electron chi connectivity index (χ2n) is 10.2. The van der Waals surface area contributed by atoms with Crippen LogP contribution in [0, 0.1) is 12.8 Å². The van der Waals surface area contributed by atoms with Gasteiger partial charge in [0.25, 0.3) is 10.0 Å². The summed E-state index contributed by atoms with van der Waals surface area (Å²) in [6.07, 6.45) is 0.267. The Kier molecular flexibility index (Phi) is 12.0. The van der Waals surface area contributed by atoms with Crippen LogP contribution in [0.15, 0.2) is 65.6 Å². The highest BCUT2D eigenvalue weighted by atomic mass is 35.5. The van der Waals surface area contributed by atoms with Crippen molar-refractivity contribution >= 4 is 73.9 Å². The molecule has 0 saturated carbocycles. The highest BCUT2D eigenvalue weighted by Gasteiger charge is 2.35. The Balaban J connectivity index is 2.11. The standard InChI is InChI=1S/C30H33Cl4N3O4S/c1-5-26(30(39)35-16-19(2)3)36(17-21-11-12-22(31)15-25(21)33)28(38)18-37(27-8-6-7-24(32)29(27)34)42(40,41)23-13-9-20(4)10-14-23/h6-15,19,26H,5,16-18H2,1-4H3,(H,35,39)/t26-/m1/s1. The van der Waals surface area contributed by atoms with E-state index in [1.54, 1.807) is 43.3 Å². The second-order valence-corrected chi connectivity index (χ2v) is 13.7. The normalized spacial score (nSPS) is 12.2. The third-order valence-electron chi connectivity index (χ3n) is 6.51. The topological polar surface area (TPSA) is 86.8 Å². The summed E-state index contributed by atoms with van der Waals surface area (Å²) in [6, 6.07) is 14.7. The number of carbonyl (C=O) groups is 2. The van der Waals surface area contributed by atoms with Crippen molar-refractivity contribution in [2.24, 2.45) is 5.92 Å². The summed E-state index contributed by atoms with van der Waals surface area (Å²) >= 11 is 25.3. The number of benzene rings is 3. The summed E-state index contributed by atoms with van der Waals surface area (Å²) in [6.45, 7) is 7.21. The van der Waals surface area contributed by atoms with Gasteiger partial charge in [-0.15, -0.1) is 0 Å². The molecule has 3 rings (SSSR count). The number of hydrogen-bond donors (Lipinski definition) is 1. The third-order valence-corrected chi connectivity index (χ3v) is 9.68. The molecule has 0 heterocycles. The number of halogens is 4. The predicted molar refractivity (Wildman–Crippen MR) is 171 cm³/mol. The van der Waals surface area contributed by atoms with Crippen LogP contribution in [-0.4, -0.2) is 44.3 Å². The zero-order chi connectivity index (χ0) is 31.2. The minimum atomic E-state index is -4.30. The van der Waals surface area contributed by atoms with Crippen LogP contribution in [0.25, 0.3) is 0 Å². The van der Waals surface area contributed by atoms with Crippen LogP contribution in [0.4, 0.5) is 5.69 Å². The molecule has 2 amide bonds. The molecule has 0 bridgehead atoms. The van der Waals surface area contributed by atoms with Crippen LogP contribution < -0.4 is 9.62 Å². The number of amides is 2. The summed E-state index contributed by atoms with van der Waals surface area (Å²) in [5, 5.41) is 3.69. The average molecular weight is 673 g/mol. The number of rotatable bonds is 12. The molecule has 0 radical (unpaired) electrons. The molecule has 0 aromatic heterocycles. The quantitative estimate of drug-likeness (QED) is 0.218. The van der Waals surface area contributed by atoms with Crippen molar-refractivity contribution in [3.63, 3.8) is 0 Å². The third kappa shape index (κ3) is 8.32. The van der Waals surface area contributed by atoms with Crippen molar-refractivity contribution in [1.29, 1.82) is 0 Å². The van der Waals surface area contributed by atoms with E-state index in [-0.39, 0.29) is 45.4 Å². The Morgan fingerprint density at radius 2 is 1.60 bits per heavy atom. The Hall–Kier alpha value is -2.49. The van der Waals surface area contributed by atoms with E-state index in [4.69, 9.17) is 46.4 Å². The van der Waals surface area contributed by atoms with Crippen molar-refractivity contribution in [1.82, 2.24) is 10.2 Å². The molecule has 3 aromatic rings. The maximum atomic E-state index is 14.2. The molecule has 0 saturated heterocycles. The summed E-state index contributed by atoms with van der Waals surface area (Å²) in [7, 11) is -4.30. The Morgan fingerprint density at radius 1 is 0.929 bits per heavy atom. The number of carbonyl (C=O) groups excluding carboxylic acids is 2. The first-order chi connectivity index (χ1) is 19.8. The molecule has 1 N–H and O–H groups in total. The van der Waals surface area contributed by atoms with Crippen LogP contribution in [0.3, 0.4) is 0 Å². The monoisotopic (exact) mass is 671 g/mol. The van der Waals surface area contributed by atoms with E-state index in [1.165, 1.54) is 29.2 Å². The zero-order valence-corrected chi connectivity index (χ0v) is 27.5. The molecule has 226 valence electrons. The van der Waals surface area contributed by atoms with Gasteiger partial charge >= 0.3 is 0 Å². The molecule has 0 fully saturated rings. The van der Waals surface area contributed by atoms with Crippen LogP contribution >= 0.6 is 46.4 Å². The van der Waals surface area contributed by atoms with E-state index in [2.05, 4.69) is 5.32 Å². The average Bonchev–Trinajstić information content (AvgIpc) is 2.93. The molecule has 0 unspecified atom stereocenters. The van der Waals surface area contributed by atoms with E-state index in [9.17, 15) is 18.0 Å². The molecule has 0 aliphatic heterocycles. The Morgan fingerprint density at radius 3 is 2.19 bits per heavy atom. The minimum absolute atomic E-state index is 0.0277. The summed E-state index contributed by atoms with van der Waals surface area (Å²) < 4.78 is 28.9. The first kappa shape index (κ1) is 34.0. The van der Waals surface area contributed by atoms with Gasteiger partial charge in [0.15, 0.2) is 0 Å². The second kappa shape index (κ2) is 14.8. The number of aryl methyl sites for hydroxylation is 1. The van der Waals surface area contributed by atoms with Gasteiger partial charge in [-0.05, 0) is 61.2 Å². The fraction of sp³-hybridized carbons (Fsp3) is 0.333. The van der Waals surface area contributed by atoms with Crippen LogP contribution in [0.2, 0.25) is 20.1 Å². The lowest BCUT2D eigenvalue weighted by Crippen LogP contribution is -2.52. The van der Waals surface area contributed by atoms with Gasteiger partial charge in [-0.1, -0.05) is 97.0 Å². The first-order valence-electron chi connectivity index (χ1n) is 13.3. The van der Waals surface area contributed by atoms with E-state index in [0.29, 0.717) is 22.2 Å². The smallest absolute Gasteiger partial charge is 0.264 e. The van der Waals surface area contributed by atoms with Crippen molar-refractivity contribution in [2.75, 3.05) is 17.4 Å². The van der Waals surface area contributed by atoms with E-state index >= 15 is 0 Å². The minimum Gasteiger partial charge on any atom is -0.354 e. The van der Waals surface area contributed by atoms with E-state index < -0.39 is 28.5 Å². The summed E-state index contributed by atoms with van der Waals surface area (Å²) in [5.41, 5.74) is 1.43. The number of sulfonamides is 1. The molecule has 12 heteroatoms.